The molecular formula is C37H37N. The Balaban J connectivity index is 0.000000366. The van der Waals surface area contributed by atoms with Gasteiger partial charge in [-0.15, -0.1) is 0 Å². The van der Waals surface area contributed by atoms with E-state index in [2.05, 4.69) is 147 Å². The summed E-state index contributed by atoms with van der Waals surface area (Å²) in [5, 5.41) is 0. The first-order valence-electron chi connectivity index (χ1n) is 13.8. The van der Waals surface area contributed by atoms with Gasteiger partial charge in [0.1, 0.15) is 0 Å². The highest BCUT2D eigenvalue weighted by molar-refractivity contribution is 5.73. The number of nitrogens with zero attached hydrogens (tertiary/aromatic N) is 1. The third-order valence-electron chi connectivity index (χ3n) is 7.37. The number of rotatable bonds is 4. The van der Waals surface area contributed by atoms with E-state index in [1.807, 2.05) is 0 Å². The summed E-state index contributed by atoms with van der Waals surface area (Å²) in [6.45, 7) is 6.36. The maximum absolute atomic E-state index is 2.29. The average Bonchev–Trinajstić information content (AvgIpc) is 3.40. The van der Waals surface area contributed by atoms with Crippen molar-refractivity contribution >= 4 is 12.2 Å². The van der Waals surface area contributed by atoms with Crippen molar-refractivity contribution in [2.45, 2.75) is 46.5 Å². The van der Waals surface area contributed by atoms with Crippen LogP contribution in [0.1, 0.15) is 55.5 Å². The van der Waals surface area contributed by atoms with Gasteiger partial charge in [0.05, 0.1) is 0 Å². The van der Waals surface area contributed by atoms with Crippen molar-refractivity contribution in [3.63, 3.8) is 0 Å². The number of allylic oxidation sites excluding steroid dienone is 6. The molecule has 0 amide bonds. The Bertz CT molecular complexity index is 1500. The van der Waals surface area contributed by atoms with E-state index in [1.54, 1.807) is 0 Å². The third-order valence-corrected chi connectivity index (χ3v) is 7.37. The zero-order valence-electron chi connectivity index (χ0n) is 22.8. The summed E-state index contributed by atoms with van der Waals surface area (Å²) >= 11 is 0. The highest BCUT2D eigenvalue weighted by atomic mass is 15.0. The Morgan fingerprint density at radius 1 is 0.684 bits per heavy atom. The molecule has 190 valence electrons. The Kier molecular flexibility index (Phi) is 8.04. The first-order valence-corrected chi connectivity index (χ1v) is 13.8. The zero-order valence-corrected chi connectivity index (χ0v) is 22.8. The lowest BCUT2D eigenvalue weighted by Crippen LogP contribution is -1.99. The minimum absolute atomic E-state index is 1.14. The first-order chi connectivity index (χ1) is 18.6. The molecular weight excluding hydrogens is 458 g/mol. The van der Waals surface area contributed by atoms with Gasteiger partial charge in [-0.1, -0.05) is 90.6 Å². The van der Waals surface area contributed by atoms with Gasteiger partial charge in [-0.2, -0.15) is 0 Å². The highest BCUT2D eigenvalue weighted by Gasteiger charge is 2.11. The molecule has 0 saturated carbocycles. The van der Waals surface area contributed by atoms with Gasteiger partial charge in [-0.25, -0.2) is 0 Å². The molecule has 6 rings (SSSR count). The second-order valence-electron chi connectivity index (χ2n) is 10.2. The summed E-state index contributed by atoms with van der Waals surface area (Å²) in [4.78, 5) is 0. The molecule has 0 unspecified atom stereocenters. The summed E-state index contributed by atoms with van der Waals surface area (Å²) in [7, 11) is 0. The van der Waals surface area contributed by atoms with Gasteiger partial charge in [0.15, 0.2) is 0 Å². The fourth-order valence-electron chi connectivity index (χ4n) is 5.14. The average molecular weight is 496 g/mol. The van der Waals surface area contributed by atoms with Crippen LogP contribution in [0.2, 0.25) is 0 Å². The molecule has 0 fully saturated rings. The van der Waals surface area contributed by atoms with E-state index in [4.69, 9.17) is 0 Å². The van der Waals surface area contributed by atoms with Gasteiger partial charge >= 0.3 is 0 Å². The SMILES string of the molecule is C/C=C\c1cc(-c2ccc(-c3ccc(-n4ccc5c4C=CCC5)cc3)cc2)ccc1C.CC1=CCCC=C1. The number of aromatic nitrogens is 1. The van der Waals surface area contributed by atoms with Gasteiger partial charge < -0.3 is 4.57 Å². The number of hydrogen-bond donors (Lipinski definition) is 0. The largest absolute Gasteiger partial charge is 0.317 e. The number of hydrogen-bond acceptors (Lipinski definition) is 0. The van der Waals surface area contributed by atoms with Crippen LogP contribution < -0.4 is 0 Å². The highest BCUT2D eigenvalue weighted by Crippen LogP contribution is 2.29. The van der Waals surface area contributed by atoms with Crippen molar-refractivity contribution in [2.75, 3.05) is 0 Å². The summed E-state index contributed by atoms with van der Waals surface area (Å²) in [6.07, 6.45) is 22.4. The van der Waals surface area contributed by atoms with Crippen LogP contribution >= 0.6 is 0 Å². The van der Waals surface area contributed by atoms with Crippen molar-refractivity contribution in [1.82, 2.24) is 4.57 Å². The van der Waals surface area contributed by atoms with E-state index in [9.17, 15) is 0 Å². The molecule has 1 aromatic heterocycles. The standard InChI is InChI=1S/C30H27N.C7H10/c1-3-6-27-21-28(10-9-22(27)2)25-13-11-23(12-14-25)24-15-17-29(18-16-24)31-20-19-26-7-4-5-8-30(26)31;1-7-5-3-2-4-6-7/h3,5-6,8-21H,4,7H2,1-2H3;3,5-6H,2,4H2,1H3/b6-3-;. The quantitative estimate of drug-likeness (QED) is 0.265. The Morgan fingerprint density at radius 3 is 1.97 bits per heavy atom. The van der Waals surface area contributed by atoms with Crippen LogP contribution in [0.5, 0.6) is 0 Å². The lowest BCUT2D eigenvalue weighted by atomic mass is 9.97. The third kappa shape index (κ3) is 5.89. The Morgan fingerprint density at radius 2 is 1.34 bits per heavy atom. The predicted molar refractivity (Wildman–Crippen MR) is 166 cm³/mol. The fraction of sp³-hybridized carbons (Fsp3) is 0.189. The van der Waals surface area contributed by atoms with Crippen LogP contribution in [0.25, 0.3) is 40.1 Å². The number of aryl methyl sites for hydroxylation is 2. The maximum Gasteiger partial charge on any atom is 0.0484 e. The molecule has 0 saturated heterocycles. The van der Waals surface area contributed by atoms with E-state index >= 15 is 0 Å². The van der Waals surface area contributed by atoms with Crippen LogP contribution in [0, 0.1) is 6.92 Å². The molecule has 0 bridgehead atoms. The fourth-order valence-corrected chi connectivity index (χ4v) is 5.14. The van der Waals surface area contributed by atoms with Crippen LogP contribution in [0.3, 0.4) is 0 Å². The van der Waals surface area contributed by atoms with Gasteiger partial charge in [0.2, 0.25) is 0 Å². The lowest BCUT2D eigenvalue weighted by Gasteiger charge is -2.12. The number of fused-ring (bicyclic) bond motifs is 1. The van der Waals surface area contributed by atoms with E-state index in [0.29, 0.717) is 0 Å². The Hall–Kier alpha value is -4.10. The first kappa shape index (κ1) is 25.5. The molecule has 0 aliphatic heterocycles. The van der Waals surface area contributed by atoms with Crippen molar-refractivity contribution < 1.29 is 0 Å². The zero-order chi connectivity index (χ0) is 26.3. The predicted octanol–water partition coefficient (Wildman–Crippen LogP) is 10.4. The summed E-state index contributed by atoms with van der Waals surface area (Å²) in [5.41, 5.74) is 12.9. The van der Waals surface area contributed by atoms with Crippen molar-refractivity contribution in [3.05, 3.63) is 137 Å². The minimum atomic E-state index is 1.14. The van der Waals surface area contributed by atoms with E-state index in [0.717, 1.165) is 12.8 Å². The minimum Gasteiger partial charge on any atom is -0.317 e. The molecule has 0 N–H and O–H groups in total. The van der Waals surface area contributed by atoms with Crippen LogP contribution in [-0.4, -0.2) is 4.57 Å². The van der Waals surface area contributed by atoms with Crippen molar-refractivity contribution in [2.24, 2.45) is 0 Å². The van der Waals surface area contributed by atoms with Crippen LogP contribution in [0.4, 0.5) is 0 Å². The summed E-state index contributed by atoms with van der Waals surface area (Å²) in [6, 6.07) is 26.7. The Labute approximate surface area is 228 Å². The van der Waals surface area contributed by atoms with Crippen LogP contribution in [-0.2, 0) is 6.42 Å². The van der Waals surface area contributed by atoms with Gasteiger partial charge in [0.25, 0.3) is 0 Å². The molecule has 2 aliphatic rings. The topological polar surface area (TPSA) is 4.93 Å². The van der Waals surface area contributed by atoms with Crippen molar-refractivity contribution in [3.8, 4) is 27.9 Å². The molecule has 0 radical (unpaired) electrons. The van der Waals surface area contributed by atoms with E-state index < -0.39 is 0 Å². The molecule has 3 aromatic carbocycles. The summed E-state index contributed by atoms with van der Waals surface area (Å²) < 4.78 is 2.29. The monoisotopic (exact) mass is 495 g/mol. The molecule has 0 atom stereocenters. The smallest absolute Gasteiger partial charge is 0.0484 e. The second-order valence-corrected chi connectivity index (χ2v) is 10.2. The lowest BCUT2D eigenvalue weighted by molar-refractivity contribution is 0.958. The molecule has 38 heavy (non-hydrogen) atoms. The van der Waals surface area contributed by atoms with Gasteiger partial charge in [-0.05, 0) is 116 Å². The van der Waals surface area contributed by atoms with E-state index in [-0.39, 0.29) is 0 Å². The van der Waals surface area contributed by atoms with Crippen molar-refractivity contribution in [1.29, 1.82) is 0 Å². The molecule has 1 heterocycles. The molecule has 1 heteroatoms. The molecule has 0 spiro atoms. The maximum atomic E-state index is 2.29. The molecule has 4 aromatic rings. The van der Waals surface area contributed by atoms with Gasteiger partial charge in [0, 0.05) is 17.6 Å². The molecule has 1 nitrogen and oxygen atoms in total. The van der Waals surface area contributed by atoms with Gasteiger partial charge in [-0.3, -0.25) is 0 Å². The summed E-state index contributed by atoms with van der Waals surface area (Å²) in [5.74, 6) is 0. The second kappa shape index (κ2) is 12.0. The molecule has 2 aliphatic carbocycles. The van der Waals surface area contributed by atoms with E-state index in [1.165, 1.54) is 68.7 Å². The normalized spacial score (nSPS) is 14.1. The van der Waals surface area contributed by atoms with Crippen LogP contribution in [0.15, 0.2) is 115 Å². The number of benzene rings is 3.